The molecule has 0 aliphatic carbocycles. The molecule has 3 aromatic rings. The molecule has 3 N–H and O–H groups in total. The zero-order chi connectivity index (χ0) is 21.0. The van der Waals surface area contributed by atoms with E-state index in [0.717, 1.165) is 33.5 Å². The van der Waals surface area contributed by atoms with E-state index >= 15 is 0 Å². The van der Waals surface area contributed by atoms with Crippen LogP contribution in [0.25, 0.3) is 10.2 Å². The predicted octanol–water partition coefficient (Wildman–Crippen LogP) is 3.35. The molecule has 0 aliphatic heterocycles. The molecule has 2 amide bonds. The number of hydrogen-bond donors (Lipinski definition) is 3. The highest BCUT2D eigenvalue weighted by molar-refractivity contribution is 7.18. The smallest absolute Gasteiger partial charge is 0.243 e. The zero-order valence-corrected chi connectivity index (χ0v) is 17.9. The number of nitrogens with one attached hydrogen (secondary N) is 3. The van der Waals surface area contributed by atoms with Crippen LogP contribution >= 0.6 is 11.3 Å². The summed E-state index contributed by atoms with van der Waals surface area (Å²) < 4.78 is 0. The SMILES string of the molecule is CCc1ccccc1NC(=O)CNC(=O)CNc1nc(C)nc2sc(C)c(C)c12. The first-order valence-corrected chi connectivity index (χ1v) is 10.3. The monoisotopic (exact) mass is 411 g/mol. The van der Waals surface area contributed by atoms with Crippen LogP contribution < -0.4 is 16.0 Å². The Bertz CT molecular complexity index is 1060. The molecular weight excluding hydrogens is 386 g/mol. The van der Waals surface area contributed by atoms with Gasteiger partial charge >= 0.3 is 0 Å². The lowest BCUT2D eigenvalue weighted by molar-refractivity contribution is -0.122. The molecule has 8 heteroatoms. The van der Waals surface area contributed by atoms with Crippen molar-refractivity contribution in [1.29, 1.82) is 0 Å². The molecule has 0 bridgehead atoms. The minimum absolute atomic E-state index is 0.0265. The Balaban J connectivity index is 1.57. The van der Waals surface area contributed by atoms with Gasteiger partial charge in [0.2, 0.25) is 11.8 Å². The Morgan fingerprint density at radius 2 is 1.79 bits per heavy atom. The van der Waals surface area contributed by atoms with Crippen LogP contribution in [-0.4, -0.2) is 34.9 Å². The lowest BCUT2D eigenvalue weighted by Gasteiger charge is -2.11. The second kappa shape index (κ2) is 9.00. The predicted molar refractivity (Wildman–Crippen MR) is 118 cm³/mol. The molecule has 0 spiro atoms. The fourth-order valence-electron chi connectivity index (χ4n) is 3.03. The van der Waals surface area contributed by atoms with E-state index in [1.165, 1.54) is 4.88 Å². The minimum Gasteiger partial charge on any atom is -0.360 e. The van der Waals surface area contributed by atoms with Crippen LogP contribution in [0.15, 0.2) is 24.3 Å². The maximum atomic E-state index is 12.2. The Labute approximate surface area is 174 Å². The zero-order valence-electron chi connectivity index (χ0n) is 17.0. The van der Waals surface area contributed by atoms with Crippen LogP contribution in [0.1, 0.15) is 28.8 Å². The first kappa shape index (κ1) is 20.7. The normalized spacial score (nSPS) is 10.8. The van der Waals surface area contributed by atoms with Gasteiger partial charge in [-0.1, -0.05) is 25.1 Å². The fourth-order valence-corrected chi connectivity index (χ4v) is 4.11. The molecule has 29 heavy (non-hydrogen) atoms. The standard InChI is InChI=1S/C21H25N5O2S/c1-5-15-8-6-7-9-16(15)26-18(28)11-22-17(27)10-23-20-19-12(2)13(3)29-21(19)25-14(4)24-20/h6-9H,5,10-11H2,1-4H3,(H,22,27)(H,26,28)(H,23,24,25). The highest BCUT2D eigenvalue weighted by Gasteiger charge is 2.14. The number of benzene rings is 1. The van der Waals surface area contributed by atoms with Gasteiger partial charge in [0.05, 0.1) is 18.5 Å². The van der Waals surface area contributed by atoms with Gasteiger partial charge in [-0.15, -0.1) is 11.3 Å². The van der Waals surface area contributed by atoms with Gasteiger partial charge in [-0.2, -0.15) is 0 Å². The average Bonchev–Trinajstić information content (AvgIpc) is 2.98. The summed E-state index contributed by atoms with van der Waals surface area (Å²) in [6.07, 6.45) is 0.820. The molecular formula is C21H25N5O2S. The van der Waals surface area contributed by atoms with Crippen molar-refractivity contribution in [2.45, 2.75) is 34.1 Å². The van der Waals surface area contributed by atoms with Gasteiger partial charge in [0.25, 0.3) is 0 Å². The third-order valence-electron chi connectivity index (χ3n) is 4.68. The number of aromatic nitrogens is 2. The summed E-state index contributed by atoms with van der Waals surface area (Å²) in [6.45, 7) is 7.86. The van der Waals surface area contributed by atoms with Crippen molar-refractivity contribution in [3.63, 3.8) is 0 Å². The summed E-state index contributed by atoms with van der Waals surface area (Å²) in [4.78, 5) is 35.4. The second-order valence-electron chi connectivity index (χ2n) is 6.77. The van der Waals surface area contributed by atoms with Gasteiger partial charge in [-0.3, -0.25) is 9.59 Å². The van der Waals surface area contributed by atoms with E-state index in [1.807, 2.05) is 52.0 Å². The van der Waals surface area contributed by atoms with Crippen molar-refractivity contribution >= 4 is 44.9 Å². The van der Waals surface area contributed by atoms with E-state index in [4.69, 9.17) is 0 Å². The Morgan fingerprint density at radius 1 is 1.03 bits per heavy atom. The van der Waals surface area contributed by atoms with Gasteiger partial charge in [-0.05, 0) is 44.4 Å². The maximum Gasteiger partial charge on any atom is 0.243 e. The van der Waals surface area contributed by atoms with Crippen LogP contribution in [0.3, 0.4) is 0 Å². The van der Waals surface area contributed by atoms with Crippen LogP contribution in [-0.2, 0) is 16.0 Å². The molecule has 7 nitrogen and oxygen atoms in total. The number of amides is 2. The number of carbonyl (C=O) groups excluding carboxylic acids is 2. The number of nitrogens with zero attached hydrogens (tertiary/aromatic N) is 2. The lowest BCUT2D eigenvalue weighted by atomic mass is 10.1. The van der Waals surface area contributed by atoms with E-state index in [9.17, 15) is 9.59 Å². The first-order chi connectivity index (χ1) is 13.9. The van der Waals surface area contributed by atoms with Gasteiger partial charge < -0.3 is 16.0 Å². The van der Waals surface area contributed by atoms with Crippen LogP contribution in [0.5, 0.6) is 0 Å². The molecule has 0 fully saturated rings. The summed E-state index contributed by atoms with van der Waals surface area (Å²) >= 11 is 1.61. The Kier molecular flexibility index (Phi) is 6.43. The van der Waals surface area contributed by atoms with Crippen LogP contribution in [0.2, 0.25) is 0 Å². The fraction of sp³-hybridized carbons (Fsp3) is 0.333. The minimum atomic E-state index is -0.280. The molecule has 1 aromatic carbocycles. The molecule has 0 saturated carbocycles. The number of carbonyl (C=O) groups is 2. The van der Waals surface area contributed by atoms with Gasteiger partial charge in [0.15, 0.2) is 0 Å². The Hall–Kier alpha value is -3.00. The van der Waals surface area contributed by atoms with Crippen molar-refractivity contribution in [3.05, 3.63) is 46.1 Å². The molecule has 0 aliphatic rings. The van der Waals surface area contributed by atoms with Crippen molar-refractivity contribution in [2.75, 3.05) is 23.7 Å². The highest BCUT2D eigenvalue weighted by Crippen LogP contribution is 2.33. The first-order valence-electron chi connectivity index (χ1n) is 9.51. The average molecular weight is 412 g/mol. The largest absolute Gasteiger partial charge is 0.360 e. The number of anilines is 2. The molecule has 2 heterocycles. The number of hydrogen-bond acceptors (Lipinski definition) is 6. The number of thiophene rings is 1. The molecule has 152 valence electrons. The summed E-state index contributed by atoms with van der Waals surface area (Å²) in [5.41, 5.74) is 2.94. The van der Waals surface area contributed by atoms with Crippen molar-refractivity contribution in [1.82, 2.24) is 15.3 Å². The van der Waals surface area contributed by atoms with Crippen molar-refractivity contribution in [2.24, 2.45) is 0 Å². The third kappa shape index (κ3) is 4.89. The second-order valence-corrected chi connectivity index (χ2v) is 7.98. The Morgan fingerprint density at radius 3 is 2.55 bits per heavy atom. The summed E-state index contributed by atoms with van der Waals surface area (Å²) in [5.74, 6) is 0.753. The van der Waals surface area contributed by atoms with Gasteiger partial charge in [0, 0.05) is 10.6 Å². The van der Waals surface area contributed by atoms with E-state index in [0.29, 0.717) is 11.6 Å². The molecule has 0 atom stereocenters. The highest BCUT2D eigenvalue weighted by atomic mass is 32.1. The molecule has 3 rings (SSSR count). The summed E-state index contributed by atoms with van der Waals surface area (Å²) in [7, 11) is 0. The summed E-state index contributed by atoms with van der Waals surface area (Å²) in [6, 6.07) is 7.63. The quantitative estimate of drug-likeness (QED) is 0.554. The van der Waals surface area contributed by atoms with E-state index in [2.05, 4.69) is 25.9 Å². The molecule has 0 radical (unpaired) electrons. The number of aryl methyl sites for hydroxylation is 4. The number of fused-ring (bicyclic) bond motifs is 1. The van der Waals surface area contributed by atoms with Gasteiger partial charge in [0.1, 0.15) is 16.5 Å². The number of rotatable bonds is 7. The number of para-hydroxylation sites is 1. The lowest BCUT2D eigenvalue weighted by Crippen LogP contribution is -2.36. The molecule has 0 unspecified atom stereocenters. The van der Waals surface area contributed by atoms with E-state index < -0.39 is 0 Å². The molecule has 2 aromatic heterocycles. The molecule has 0 saturated heterocycles. The van der Waals surface area contributed by atoms with E-state index in [-0.39, 0.29) is 24.9 Å². The van der Waals surface area contributed by atoms with Gasteiger partial charge in [-0.25, -0.2) is 9.97 Å². The van der Waals surface area contributed by atoms with Crippen LogP contribution in [0.4, 0.5) is 11.5 Å². The van der Waals surface area contributed by atoms with E-state index in [1.54, 1.807) is 11.3 Å². The third-order valence-corrected chi connectivity index (χ3v) is 5.78. The maximum absolute atomic E-state index is 12.2. The summed E-state index contributed by atoms with van der Waals surface area (Å²) in [5, 5.41) is 9.51. The van der Waals surface area contributed by atoms with Crippen molar-refractivity contribution in [3.8, 4) is 0 Å². The van der Waals surface area contributed by atoms with Crippen LogP contribution in [0, 0.1) is 20.8 Å². The topological polar surface area (TPSA) is 96.0 Å². The van der Waals surface area contributed by atoms with Crippen molar-refractivity contribution < 1.29 is 9.59 Å².